The zero-order valence-corrected chi connectivity index (χ0v) is 10.8. The third-order valence-electron chi connectivity index (χ3n) is 1.86. The summed E-state index contributed by atoms with van der Waals surface area (Å²) in [6.45, 7) is 8.45. The van der Waals surface area contributed by atoms with Crippen LogP contribution in [0.4, 0.5) is 0 Å². The summed E-state index contributed by atoms with van der Waals surface area (Å²) in [6, 6.07) is 0. The van der Waals surface area contributed by atoms with Crippen molar-refractivity contribution >= 4 is 5.97 Å². The molecule has 3 heteroatoms. The number of unbranched alkanes of at least 4 members (excludes halogenated alkanes) is 1. The summed E-state index contributed by atoms with van der Waals surface area (Å²) in [4.78, 5) is 11.0. The average Bonchev–Trinajstić information content (AvgIpc) is 2.31. The van der Waals surface area contributed by atoms with Gasteiger partial charge in [0, 0.05) is 5.57 Å². The lowest BCUT2D eigenvalue weighted by molar-refractivity contribution is -0.140. The quantitative estimate of drug-likeness (QED) is 0.268. The molecule has 0 atom stereocenters. The minimum Gasteiger partial charge on any atom is -0.460 e. The third kappa shape index (κ3) is 10.9. The second kappa shape index (κ2) is 11.1. The van der Waals surface area contributed by atoms with E-state index in [1.165, 1.54) is 0 Å². The molecule has 17 heavy (non-hydrogen) atoms. The third-order valence-corrected chi connectivity index (χ3v) is 1.86. The molecule has 96 valence electrons. The fourth-order valence-electron chi connectivity index (χ4n) is 0.943. The number of esters is 1. The summed E-state index contributed by atoms with van der Waals surface area (Å²) in [5, 5.41) is 0. The van der Waals surface area contributed by atoms with Gasteiger partial charge in [0.05, 0.1) is 13.2 Å². The van der Waals surface area contributed by atoms with Crippen LogP contribution in [0.15, 0.2) is 36.5 Å². The van der Waals surface area contributed by atoms with Gasteiger partial charge < -0.3 is 9.47 Å². The van der Waals surface area contributed by atoms with Crippen molar-refractivity contribution in [3.8, 4) is 0 Å². The first kappa shape index (κ1) is 15.7. The van der Waals surface area contributed by atoms with Gasteiger partial charge in [0.1, 0.15) is 6.61 Å². The number of allylic oxidation sites excluding steroid dienone is 3. The minimum atomic E-state index is -0.369. The molecule has 0 spiro atoms. The van der Waals surface area contributed by atoms with Gasteiger partial charge in [0.15, 0.2) is 0 Å². The van der Waals surface area contributed by atoms with Crippen LogP contribution in [-0.2, 0) is 14.3 Å². The highest BCUT2D eigenvalue weighted by molar-refractivity contribution is 5.86. The maximum absolute atomic E-state index is 11.0. The van der Waals surface area contributed by atoms with Gasteiger partial charge in [-0.25, -0.2) is 4.79 Å². The van der Waals surface area contributed by atoms with Crippen molar-refractivity contribution in [1.82, 2.24) is 0 Å². The van der Waals surface area contributed by atoms with Crippen molar-refractivity contribution in [1.29, 1.82) is 0 Å². The number of hydrogen-bond donors (Lipinski definition) is 0. The maximum Gasteiger partial charge on any atom is 0.333 e. The van der Waals surface area contributed by atoms with Crippen LogP contribution >= 0.6 is 0 Å². The van der Waals surface area contributed by atoms with E-state index < -0.39 is 0 Å². The largest absolute Gasteiger partial charge is 0.460 e. The Bertz CT molecular complexity index is 277. The molecular formula is C14H22O3. The van der Waals surface area contributed by atoms with Gasteiger partial charge in [-0.15, -0.1) is 0 Å². The lowest BCUT2D eigenvalue weighted by Crippen LogP contribution is -2.10. The van der Waals surface area contributed by atoms with Gasteiger partial charge in [-0.3, -0.25) is 0 Å². The highest BCUT2D eigenvalue weighted by Gasteiger charge is 2.01. The summed E-state index contributed by atoms with van der Waals surface area (Å²) in [6.07, 6.45) is 10.3. The van der Waals surface area contributed by atoms with Gasteiger partial charge in [-0.1, -0.05) is 44.2 Å². The molecule has 0 saturated heterocycles. The van der Waals surface area contributed by atoms with Crippen LogP contribution < -0.4 is 0 Å². The predicted molar refractivity (Wildman–Crippen MR) is 69.8 cm³/mol. The molecule has 3 nitrogen and oxygen atoms in total. The lowest BCUT2D eigenvalue weighted by Gasteiger charge is -2.03. The Labute approximate surface area is 104 Å². The molecule has 0 heterocycles. The SMILES string of the molecule is C=C(C)C(=O)OCCOCC=CC=CCCC. The number of ether oxygens (including phenoxy) is 2. The van der Waals surface area contributed by atoms with E-state index in [4.69, 9.17) is 9.47 Å². The van der Waals surface area contributed by atoms with E-state index in [0.717, 1.165) is 12.8 Å². The van der Waals surface area contributed by atoms with Crippen LogP contribution in [0.2, 0.25) is 0 Å². The molecule has 0 rings (SSSR count). The van der Waals surface area contributed by atoms with E-state index in [1.54, 1.807) is 6.92 Å². The lowest BCUT2D eigenvalue weighted by atomic mass is 10.3. The highest BCUT2D eigenvalue weighted by atomic mass is 16.6. The fourth-order valence-corrected chi connectivity index (χ4v) is 0.943. The highest BCUT2D eigenvalue weighted by Crippen LogP contribution is 1.92. The maximum atomic E-state index is 11.0. The van der Waals surface area contributed by atoms with Crippen molar-refractivity contribution in [2.45, 2.75) is 26.7 Å². The average molecular weight is 238 g/mol. The number of rotatable bonds is 9. The molecule has 0 fully saturated rings. The van der Waals surface area contributed by atoms with Crippen LogP contribution in [-0.4, -0.2) is 25.8 Å². The van der Waals surface area contributed by atoms with E-state index in [2.05, 4.69) is 19.6 Å². The molecule has 0 aromatic carbocycles. The first-order valence-electron chi connectivity index (χ1n) is 5.90. The molecular weight excluding hydrogens is 216 g/mol. The Kier molecular flexibility index (Phi) is 10.3. The van der Waals surface area contributed by atoms with Gasteiger partial charge in [-0.05, 0) is 13.3 Å². The molecule has 0 unspecified atom stereocenters. The van der Waals surface area contributed by atoms with Crippen LogP contribution in [0.3, 0.4) is 0 Å². The van der Waals surface area contributed by atoms with Crippen molar-refractivity contribution in [2.24, 2.45) is 0 Å². The Balaban J connectivity index is 3.35. The monoisotopic (exact) mass is 238 g/mol. The molecule has 0 aromatic rings. The van der Waals surface area contributed by atoms with Crippen LogP contribution in [0.25, 0.3) is 0 Å². The van der Waals surface area contributed by atoms with Crippen LogP contribution in [0, 0.1) is 0 Å². The topological polar surface area (TPSA) is 35.5 Å². The molecule has 0 amide bonds. The zero-order chi connectivity index (χ0) is 12.9. The van der Waals surface area contributed by atoms with Crippen molar-refractivity contribution in [2.75, 3.05) is 19.8 Å². The second-order valence-corrected chi connectivity index (χ2v) is 3.64. The van der Waals surface area contributed by atoms with Gasteiger partial charge in [-0.2, -0.15) is 0 Å². The summed E-state index contributed by atoms with van der Waals surface area (Å²) in [7, 11) is 0. The Morgan fingerprint density at radius 2 is 1.94 bits per heavy atom. The molecule has 0 bridgehead atoms. The molecule has 0 aliphatic rings. The zero-order valence-electron chi connectivity index (χ0n) is 10.8. The smallest absolute Gasteiger partial charge is 0.333 e. The molecule has 0 aliphatic carbocycles. The molecule has 0 aromatic heterocycles. The van der Waals surface area contributed by atoms with Crippen molar-refractivity contribution in [3.63, 3.8) is 0 Å². The number of hydrogen-bond acceptors (Lipinski definition) is 3. The van der Waals surface area contributed by atoms with Gasteiger partial charge in [0.2, 0.25) is 0 Å². The predicted octanol–water partition coefficient (Wildman–Crippen LogP) is 3.03. The van der Waals surface area contributed by atoms with E-state index in [0.29, 0.717) is 18.8 Å². The fraction of sp³-hybridized carbons (Fsp3) is 0.500. The molecule has 0 N–H and O–H groups in total. The standard InChI is InChI=1S/C14H22O3/c1-4-5-6-7-8-9-10-16-11-12-17-14(15)13(2)3/h6-9H,2,4-5,10-12H2,1,3H3. The van der Waals surface area contributed by atoms with E-state index >= 15 is 0 Å². The first-order valence-corrected chi connectivity index (χ1v) is 5.90. The number of carbonyl (C=O) groups is 1. The molecule has 0 saturated carbocycles. The molecule has 0 radical (unpaired) electrons. The summed E-state index contributed by atoms with van der Waals surface area (Å²) in [5.41, 5.74) is 0.408. The first-order chi connectivity index (χ1) is 8.18. The Morgan fingerprint density at radius 3 is 2.59 bits per heavy atom. The van der Waals surface area contributed by atoms with Crippen LogP contribution in [0.1, 0.15) is 26.7 Å². The van der Waals surface area contributed by atoms with Crippen LogP contribution in [0.5, 0.6) is 0 Å². The summed E-state index contributed by atoms with van der Waals surface area (Å²) >= 11 is 0. The Morgan fingerprint density at radius 1 is 1.24 bits per heavy atom. The van der Waals surface area contributed by atoms with Crippen molar-refractivity contribution < 1.29 is 14.3 Å². The van der Waals surface area contributed by atoms with Gasteiger partial charge >= 0.3 is 5.97 Å². The summed E-state index contributed by atoms with van der Waals surface area (Å²) in [5.74, 6) is -0.369. The van der Waals surface area contributed by atoms with E-state index in [9.17, 15) is 4.79 Å². The number of carbonyl (C=O) groups excluding carboxylic acids is 1. The second-order valence-electron chi connectivity index (χ2n) is 3.64. The molecule has 0 aliphatic heterocycles. The van der Waals surface area contributed by atoms with Crippen molar-refractivity contribution in [3.05, 3.63) is 36.5 Å². The van der Waals surface area contributed by atoms with E-state index in [-0.39, 0.29) is 12.6 Å². The minimum absolute atomic E-state index is 0.269. The van der Waals surface area contributed by atoms with E-state index in [1.807, 2.05) is 18.2 Å². The summed E-state index contributed by atoms with van der Waals surface area (Å²) < 4.78 is 10.1. The normalized spacial score (nSPS) is 11.2. The Hall–Kier alpha value is -1.35. The van der Waals surface area contributed by atoms with Gasteiger partial charge in [0.25, 0.3) is 0 Å².